The number of cyclic esters (lactones) is 1. The normalized spacial score (nSPS) is 16.9. The number of carbonyl (C=O) groups is 2. The lowest BCUT2D eigenvalue weighted by Gasteiger charge is -2.40. The Labute approximate surface area is 163 Å². The molecule has 1 saturated heterocycles. The number of ether oxygens (including phenoxy) is 1. The molecular weight excluding hydrogens is 354 g/mol. The Kier molecular flexibility index (Phi) is 4.98. The minimum Gasteiger partial charge on any atom is -0.444 e. The van der Waals surface area contributed by atoms with Gasteiger partial charge in [-0.2, -0.15) is 5.26 Å². The molecule has 2 aromatic rings. The molecule has 0 radical (unpaired) electrons. The molecular formula is C22H21N3O3. The first-order chi connectivity index (χ1) is 13.7. The van der Waals surface area contributed by atoms with Crippen LogP contribution in [-0.2, 0) is 17.8 Å². The maximum absolute atomic E-state index is 12.8. The van der Waals surface area contributed by atoms with Crippen molar-refractivity contribution < 1.29 is 14.3 Å². The molecule has 2 aliphatic heterocycles. The van der Waals surface area contributed by atoms with Crippen molar-refractivity contribution in [1.82, 2.24) is 4.90 Å². The van der Waals surface area contributed by atoms with Crippen LogP contribution in [0.4, 0.5) is 10.5 Å². The van der Waals surface area contributed by atoms with Gasteiger partial charge in [0.1, 0.15) is 6.61 Å². The Bertz CT molecular complexity index is 925. The number of hydrogen-bond donors (Lipinski definition) is 0. The molecule has 0 saturated carbocycles. The zero-order valence-electron chi connectivity index (χ0n) is 15.5. The van der Waals surface area contributed by atoms with Crippen molar-refractivity contribution in [2.45, 2.75) is 31.9 Å². The molecule has 4 rings (SSSR count). The summed E-state index contributed by atoms with van der Waals surface area (Å²) in [6.45, 7) is 1.50. The Morgan fingerprint density at radius 2 is 1.82 bits per heavy atom. The summed E-state index contributed by atoms with van der Waals surface area (Å²) < 4.78 is 5.33. The Morgan fingerprint density at radius 3 is 2.54 bits per heavy atom. The van der Waals surface area contributed by atoms with Crippen LogP contribution in [0.3, 0.4) is 0 Å². The molecule has 6 nitrogen and oxygen atoms in total. The molecule has 0 bridgehead atoms. The lowest BCUT2D eigenvalue weighted by Crippen LogP contribution is -2.50. The minimum absolute atomic E-state index is 0.0106. The summed E-state index contributed by atoms with van der Waals surface area (Å²) in [5.41, 5.74) is 3.46. The topological polar surface area (TPSA) is 73.6 Å². The number of piperidine rings is 1. The van der Waals surface area contributed by atoms with E-state index >= 15 is 0 Å². The van der Waals surface area contributed by atoms with Gasteiger partial charge in [-0.25, -0.2) is 4.79 Å². The first kappa shape index (κ1) is 18.1. The summed E-state index contributed by atoms with van der Waals surface area (Å²) in [6, 6.07) is 17.1. The molecule has 6 heteroatoms. The monoisotopic (exact) mass is 375 g/mol. The number of anilines is 1. The zero-order valence-corrected chi connectivity index (χ0v) is 15.5. The van der Waals surface area contributed by atoms with E-state index in [0.29, 0.717) is 44.5 Å². The molecule has 28 heavy (non-hydrogen) atoms. The first-order valence-corrected chi connectivity index (χ1v) is 9.46. The van der Waals surface area contributed by atoms with E-state index in [9.17, 15) is 9.59 Å². The van der Waals surface area contributed by atoms with Gasteiger partial charge >= 0.3 is 6.09 Å². The highest BCUT2D eigenvalue weighted by Gasteiger charge is 2.35. The number of carbonyl (C=O) groups excluding carboxylic acids is 2. The average Bonchev–Trinajstić information content (AvgIpc) is 2.74. The Hall–Kier alpha value is -3.33. The molecule has 2 amide bonds. The highest BCUT2D eigenvalue weighted by Crippen LogP contribution is 2.32. The molecule has 1 fully saturated rings. The van der Waals surface area contributed by atoms with Gasteiger partial charge in [0, 0.05) is 30.3 Å². The van der Waals surface area contributed by atoms with Gasteiger partial charge in [-0.15, -0.1) is 0 Å². The van der Waals surface area contributed by atoms with Crippen molar-refractivity contribution in [2.75, 3.05) is 18.0 Å². The van der Waals surface area contributed by atoms with Gasteiger partial charge in [0.05, 0.1) is 18.2 Å². The molecule has 0 spiro atoms. The van der Waals surface area contributed by atoms with Crippen molar-refractivity contribution in [3.8, 4) is 6.07 Å². The molecule has 2 aromatic carbocycles. The number of amides is 2. The van der Waals surface area contributed by atoms with Gasteiger partial charge in [-0.1, -0.05) is 30.3 Å². The quantitative estimate of drug-likeness (QED) is 0.823. The fourth-order valence-corrected chi connectivity index (χ4v) is 3.89. The molecule has 0 aromatic heterocycles. The van der Waals surface area contributed by atoms with Gasteiger partial charge in [0.2, 0.25) is 0 Å². The van der Waals surface area contributed by atoms with Crippen LogP contribution in [0.5, 0.6) is 0 Å². The van der Waals surface area contributed by atoms with Crippen molar-refractivity contribution in [1.29, 1.82) is 5.26 Å². The Morgan fingerprint density at radius 1 is 1.11 bits per heavy atom. The minimum atomic E-state index is -0.309. The van der Waals surface area contributed by atoms with Crippen LogP contribution in [0.2, 0.25) is 0 Å². The highest BCUT2D eigenvalue weighted by atomic mass is 16.6. The lowest BCUT2D eigenvalue weighted by atomic mass is 10.00. The van der Waals surface area contributed by atoms with Crippen LogP contribution >= 0.6 is 0 Å². The number of para-hydroxylation sites is 1. The van der Waals surface area contributed by atoms with Crippen LogP contribution in [0.15, 0.2) is 48.5 Å². The van der Waals surface area contributed by atoms with E-state index in [0.717, 1.165) is 16.8 Å². The van der Waals surface area contributed by atoms with Gasteiger partial charge in [0.15, 0.2) is 0 Å². The fraction of sp³-hybridized carbons (Fsp3) is 0.318. The molecule has 0 aliphatic carbocycles. The van der Waals surface area contributed by atoms with Crippen LogP contribution in [0.25, 0.3) is 0 Å². The van der Waals surface area contributed by atoms with Gasteiger partial charge in [0.25, 0.3) is 5.91 Å². The number of hydrogen-bond acceptors (Lipinski definition) is 4. The SMILES string of the molecule is N#CCc1ccc(C(=O)N2CCC(N3C(=O)OCc4ccccc43)CC2)cc1. The van der Waals surface area contributed by atoms with Gasteiger partial charge in [-0.05, 0) is 36.6 Å². The molecule has 2 aliphatic rings. The van der Waals surface area contributed by atoms with E-state index in [1.807, 2.05) is 41.3 Å². The summed E-state index contributed by atoms with van der Waals surface area (Å²) in [7, 11) is 0. The highest BCUT2D eigenvalue weighted by molar-refractivity contribution is 5.94. The summed E-state index contributed by atoms with van der Waals surface area (Å²) in [4.78, 5) is 28.7. The van der Waals surface area contributed by atoms with Gasteiger partial charge in [-0.3, -0.25) is 9.69 Å². The number of rotatable bonds is 3. The maximum atomic E-state index is 12.8. The first-order valence-electron chi connectivity index (χ1n) is 9.46. The van der Waals surface area contributed by atoms with Crippen LogP contribution in [-0.4, -0.2) is 36.0 Å². The molecule has 0 N–H and O–H groups in total. The third-order valence-electron chi connectivity index (χ3n) is 5.40. The summed E-state index contributed by atoms with van der Waals surface area (Å²) in [5.74, 6) is -0.0106. The van der Waals surface area contributed by atoms with E-state index in [4.69, 9.17) is 10.00 Å². The van der Waals surface area contributed by atoms with Crippen LogP contribution in [0.1, 0.15) is 34.3 Å². The number of benzene rings is 2. The van der Waals surface area contributed by atoms with E-state index in [1.54, 1.807) is 17.0 Å². The number of nitrogens with zero attached hydrogens (tertiary/aromatic N) is 3. The zero-order chi connectivity index (χ0) is 19.5. The third kappa shape index (κ3) is 3.44. The molecule has 0 atom stereocenters. The molecule has 142 valence electrons. The second-order valence-corrected chi connectivity index (χ2v) is 7.11. The van der Waals surface area contributed by atoms with E-state index < -0.39 is 0 Å². The van der Waals surface area contributed by atoms with Crippen molar-refractivity contribution in [2.24, 2.45) is 0 Å². The maximum Gasteiger partial charge on any atom is 0.414 e. The smallest absolute Gasteiger partial charge is 0.414 e. The van der Waals surface area contributed by atoms with Crippen LogP contribution < -0.4 is 4.90 Å². The molecule has 0 unspecified atom stereocenters. The van der Waals surface area contributed by atoms with Crippen molar-refractivity contribution in [3.63, 3.8) is 0 Å². The van der Waals surface area contributed by atoms with E-state index in [2.05, 4.69) is 6.07 Å². The number of fused-ring (bicyclic) bond motifs is 1. The second kappa shape index (κ2) is 7.73. The van der Waals surface area contributed by atoms with Gasteiger partial charge < -0.3 is 9.64 Å². The standard InChI is InChI=1S/C22H21N3O3/c23-12-9-16-5-7-17(8-6-16)21(26)24-13-10-19(11-14-24)25-20-4-2-1-3-18(20)15-28-22(25)27/h1-8,19H,9-11,13-15H2. The fourth-order valence-electron chi connectivity index (χ4n) is 3.89. The summed E-state index contributed by atoms with van der Waals surface area (Å²) in [6.07, 6.45) is 1.45. The summed E-state index contributed by atoms with van der Waals surface area (Å²) >= 11 is 0. The average molecular weight is 375 g/mol. The van der Waals surface area contributed by atoms with E-state index in [1.165, 1.54) is 0 Å². The second-order valence-electron chi connectivity index (χ2n) is 7.11. The van der Waals surface area contributed by atoms with Crippen molar-refractivity contribution >= 4 is 17.7 Å². The van der Waals surface area contributed by atoms with Crippen molar-refractivity contribution in [3.05, 3.63) is 65.2 Å². The lowest BCUT2D eigenvalue weighted by molar-refractivity contribution is 0.0708. The molecule has 2 heterocycles. The Balaban J connectivity index is 1.43. The third-order valence-corrected chi connectivity index (χ3v) is 5.40. The number of nitriles is 1. The predicted octanol–water partition coefficient (Wildman–Crippen LogP) is 3.51. The van der Waals surface area contributed by atoms with Crippen LogP contribution in [0, 0.1) is 11.3 Å². The van der Waals surface area contributed by atoms with E-state index in [-0.39, 0.29) is 18.0 Å². The summed E-state index contributed by atoms with van der Waals surface area (Å²) in [5, 5.41) is 8.75. The largest absolute Gasteiger partial charge is 0.444 e. The predicted molar refractivity (Wildman–Crippen MR) is 104 cm³/mol. The number of likely N-dealkylation sites (tertiary alicyclic amines) is 1.